The Balaban J connectivity index is 1.12. The Morgan fingerprint density at radius 2 is 0.548 bits per heavy atom. The third-order valence-electron chi connectivity index (χ3n) is 12.5. The van der Waals surface area contributed by atoms with Crippen LogP contribution in [0.4, 0.5) is 0 Å². The lowest BCUT2D eigenvalue weighted by molar-refractivity contribution is 1.17. The predicted molar refractivity (Wildman–Crippen MR) is 262 cm³/mol. The fourth-order valence-corrected chi connectivity index (χ4v) is 9.65. The summed E-state index contributed by atoms with van der Waals surface area (Å²) >= 11 is 0. The van der Waals surface area contributed by atoms with Gasteiger partial charge in [0.2, 0.25) is 0 Å². The van der Waals surface area contributed by atoms with Crippen molar-refractivity contribution in [1.82, 2.24) is 9.13 Å². The lowest BCUT2D eigenvalue weighted by atomic mass is 9.86. The van der Waals surface area contributed by atoms with E-state index in [9.17, 15) is 0 Å². The van der Waals surface area contributed by atoms with E-state index in [1.54, 1.807) is 0 Å². The van der Waals surface area contributed by atoms with Crippen molar-refractivity contribution < 1.29 is 0 Å². The summed E-state index contributed by atoms with van der Waals surface area (Å²) in [7, 11) is 0. The van der Waals surface area contributed by atoms with Gasteiger partial charge in [0.05, 0.1) is 22.1 Å². The fraction of sp³-hybridized carbons (Fsp3) is 0. The normalized spacial score (nSPS) is 11.5. The van der Waals surface area contributed by atoms with Gasteiger partial charge in [-0.3, -0.25) is 0 Å². The average Bonchev–Trinajstić information content (AvgIpc) is 3.87. The van der Waals surface area contributed by atoms with Gasteiger partial charge in [-0.05, 0) is 104 Å². The Bertz CT molecular complexity index is 3420. The van der Waals surface area contributed by atoms with E-state index < -0.39 is 0 Å². The smallest absolute Gasteiger partial charge is 0.0542 e. The highest BCUT2D eigenvalue weighted by Crippen LogP contribution is 2.45. The number of fused-ring (bicyclic) bond motifs is 6. The van der Waals surface area contributed by atoms with Crippen LogP contribution in [0, 0.1) is 0 Å². The second kappa shape index (κ2) is 14.8. The molecule has 2 heterocycles. The van der Waals surface area contributed by atoms with Gasteiger partial charge in [-0.25, -0.2) is 0 Å². The molecule has 12 aromatic rings. The van der Waals surface area contributed by atoms with E-state index in [1.165, 1.54) is 99.2 Å². The first kappa shape index (κ1) is 35.7. The molecule has 0 aliphatic rings. The zero-order chi connectivity index (χ0) is 41.0. The van der Waals surface area contributed by atoms with Gasteiger partial charge in [-0.2, -0.15) is 0 Å². The van der Waals surface area contributed by atoms with Crippen LogP contribution in [-0.2, 0) is 0 Å². The molecule has 290 valence electrons. The number of benzene rings is 10. The SMILES string of the molecule is c1ccc(-c2ccc(-c3cc(-n4c5ccccc5c5cc(-n6c7ccccc7c7ccccc76)ccc54)cc(-c4ccc(-c5ccccc5)cc4)c3-c3ccccc3)cc2)cc1. The van der Waals surface area contributed by atoms with Gasteiger partial charge in [0.1, 0.15) is 0 Å². The summed E-state index contributed by atoms with van der Waals surface area (Å²) in [4.78, 5) is 0. The predicted octanol–water partition coefficient (Wildman–Crippen LogP) is 16.2. The Kier molecular flexibility index (Phi) is 8.53. The number of nitrogens with zero attached hydrogens (tertiary/aromatic N) is 2. The van der Waals surface area contributed by atoms with E-state index in [2.05, 4.69) is 252 Å². The lowest BCUT2D eigenvalue weighted by Crippen LogP contribution is -1.99. The molecule has 0 aliphatic heterocycles. The Hall–Kier alpha value is -8.20. The third-order valence-corrected chi connectivity index (χ3v) is 12.5. The molecule has 10 aromatic carbocycles. The highest BCUT2D eigenvalue weighted by molar-refractivity contribution is 6.12. The van der Waals surface area contributed by atoms with Crippen molar-refractivity contribution in [2.75, 3.05) is 0 Å². The monoisotopic (exact) mass is 788 g/mol. The zero-order valence-electron chi connectivity index (χ0n) is 34.0. The van der Waals surface area contributed by atoms with Crippen molar-refractivity contribution in [1.29, 1.82) is 0 Å². The molecule has 0 saturated heterocycles. The first-order chi connectivity index (χ1) is 30.8. The highest BCUT2D eigenvalue weighted by atomic mass is 15.0. The van der Waals surface area contributed by atoms with Gasteiger partial charge >= 0.3 is 0 Å². The minimum Gasteiger partial charge on any atom is -0.309 e. The van der Waals surface area contributed by atoms with Crippen molar-refractivity contribution >= 4 is 43.6 Å². The van der Waals surface area contributed by atoms with Crippen molar-refractivity contribution in [2.45, 2.75) is 0 Å². The summed E-state index contributed by atoms with van der Waals surface area (Å²) in [5, 5.41) is 4.96. The molecule has 0 aliphatic carbocycles. The molecule has 62 heavy (non-hydrogen) atoms. The molecular formula is C60H40N2. The maximum Gasteiger partial charge on any atom is 0.0542 e. The molecule has 0 unspecified atom stereocenters. The Morgan fingerprint density at radius 3 is 1.02 bits per heavy atom. The van der Waals surface area contributed by atoms with Gasteiger partial charge in [0.25, 0.3) is 0 Å². The quantitative estimate of drug-likeness (QED) is 0.152. The number of hydrogen-bond donors (Lipinski definition) is 0. The number of hydrogen-bond acceptors (Lipinski definition) is 0. The van der Waals surface area contributed by atoms with E-state index in [0.717, 1.165) is 11.4 Å². The van der Waals surface area contributed by atoms with Crippen LogP contribution in [0.25, 0.3) is 111 Å². The van der Waals surface area contributed by atoms with Crippen LogP contribution in [0.3, 0.4) is 0 Å². The lowest BCUT2D eigenvalue weighted by Gasteiger charge is -2.20. The summed E-state index contributed by atoms with van der Waals surface area (Å²) < 4.78 is 4.89. The number of aromatic nitrogens is 2. The standard InChI is InChI=1S/C60H40N2/c1-4-16-41(17-5-1)43-28-32-45(33-29-43)53-39-49(40-54(60(53)47-20-8-3-9-21-47)46-34-30-44(31-35-46)42-18-6-2-7-19-42)62-58-27-15-12-24-52(58)55-38-48(36-37-59(55)62)61-56-25-13-10-22-50(56)51-23-11-14-26-57(51)61/h1-40H. The molecule has 0 N–H and O–H groups in total. The molecule has 12 rings (SSSR count). The minimum atomic E-state index is 1.12. The first-order valence-corrected chi connectivity index (χ1v) is 21.3. The van der Waals surface area contributed by atoms with Gasteiger partial charge in [0, 0.05) is 32.9 Å². The van der Waals surface area contributed by atoms with Gasteiger partial charge in [-0.15, -0.1) is 0 Å². The molecule has 0 fully saturated rings. The minimum absolute atomic E-state index is 1.12. The van der Waals surface area contributed by atoms with Crippen LogP contribution >= 0.6 is 0 Å². The fourth-order valence-electron chi connectivity index (χ4n) is 9.65. The zero-order valence-corrected chi connectivity index (χ0v) is 34.0. The van der Waals surface area contributed by atoms with Crippen molar-refractivity contribution in [3.05, 3.63) is 243 Å². The van der Waals surface area contributed by atoms with E-state index in [-0.39, 0.29) is 0 Å². The number of rotatable bonds is 7. The molecule has 0 amide bonds. The molecule has 2 nitrogen and oxygen atoms in total. The summed E-state index contributed by atoms with van der Waals surface area (Å²) in [6, 6.07) is 88.6. The topological polar surface area (TPSA) is 9.86 Å². The third kappa shape index (κ3) is 5.96. The van der Waals surface area contributed by atoms with Crippen LogP contribution in [0.2, 0.25) is 0 Å². The summed E-state index contributed by atoms with van der Waals surface area (Å²) in [5.74, 6) is 0. The second-order valence-electron chi connectivity index (χ2n) is 16.1. The maximum absolute atomic E-state index is 2.47. The average molecular weight is 789 g/mol. The summed E-state index contributed by atoms with van der Waals surface area (Å²) in [6.07, 6.45) is 0. The Labute approximate surface area is 360 Å². The summed E-state index contributed by atoms with van der Waals surface area (Å²) in [5.41, 5.74) is 18.9. The van der Waals surface area contributed by atoms with E-state index in [0.29, 0.717) is 0 Å². The molecule has 0 radical (unpaired) electrons. The number of para-hydroxylation sites is 3. The first-order valence-electron chi connectivity index (χ1n) is 21.3. The van der Waals surface area contributed by atoms with Crippen LogP contribution in [0.5, 0.6) is 0 Å². The van der Waals surface area contributed by atoms with E-state index >= 15 is 0 Å². The van der Waals surface area contributed by atoms with Gasteiger partial charge < -0.3 is 9.13 Å². The van der Waals surface area contributed by atoms with Crippen molar-refractivity contribution in [2.24, 2.45) is 0 Å². The molecule has 0 saturated carbocycles. The largest absolute Gasteiger partial charge is 0.309 e. The second-order valence-corrected chi connectivity index (χ2v) is 16.1. The highest BCUT2D eigenvalue weighted by Gasteiger charge is 2.21. The van der Waals surface area contributed by atoms with Crippen molar-refractivity contribution in [3.63, 3.8) is 0 Å². The molecule has 2 heteroatoms. The van der Waals surface area contributed by atoms with Crippen molar-refractivity contribution in [3.8, 4) is 67.0 Å². The Morgan fingerprint density at radius 1 is 0.210 bits per heavy atom. The maximum atomic E-state index is 2.47. The molecule has 2 aromatic heterocycles. The molecule has 0 bridgehead atoms. The van der Waals surface area contributed by atoms with Crippen LogP contribution < -0.4 is 0 Å². The molecular weight excluding hydrogens is 749 g/mol. The van der Waals surface area contributed by atoms with Gasteiger partial charge in [0.15, 0.2) is 0 Å². The van der Waals surface area contributed by atoms with Gasteiger partial charge in [-0.1, -0.05) is 194 Å². The van der Waals surface area contributed by atoms with E-state index in [4.69, 9.17) is 0 Å². The molecule has 0 spiro atoms. The molecule has 0 atom stereocenters. The van der Waals surface area contributed by atoms with E-state index in [1.807, 2.05) is 0 Å². The van der Waals surface area contributed by atoms with Crippen LogP contribution in [0.15, 0.2) is 243 Å². The van der Waals surface area contributed by atoms with Crippen LogP contribution in [-0.4, -0.2) is 9.13 Å². The summed E-state index contributed by atoms with van der Waals surface area (Å²) in [6.45, 7) is 0. The van der Waals surface area contributed by atoms with Crippen LogP contribution in [0.1, 0.15) is 0 Å².